The number of hydrogen-bond acceptors (Lipinski definition) is 4. The quantitative estimate of drug-likeness (QED) is 0.521. The van der Waals surface area contributed by atoms with E-state index in [-0.39, 0.29) is 10.8 Å². The van der Waals surface area contributed by atoms with E-state index in [1.54, 1.807) is 24.9 Å². The summed E-state index contributed by atoms with van der Waals surface area (Å²) >= 11 is 5.12. The van der Waals surface area contributed by atoms with Crippen molar-refractivity contribution in [2.45, 2.75) is 13.0 Å². The lowest BCUT2D eigenvalue weighted by Gasteiger charge is -2.37. The summed E-state index contributed by atoms with van der Waals surface area (Å²) in [7, 11) is 1.64. The highest BCUT2D eigenvalue weighted by molar-refractivity contribution is 7.80. The van der Waals surface area contributed by atoms with Crippen molar-refractivity contribution in [3.8, 4) is 0 Å². The molecule has 0 bridgehead atoms. The van der Waals surface area contributed by atoms with Crippen LogP contribution in [0, 0.1) is 16.0 Å². The summed E-state index contributed by atoms with van der Waals surface area (Å²) in [5.41, 5.74) is 0.828. The second-order valence-corrected chi connectivity index (χ2v) is 5.12. The fraction of sp³-hybridized carbons (Fsp3) is 0.308. The number of carboxylic acid groups (broad SMARTS) is 1. The Morgan fingerprint density at radius 3 is 2.76 bits per heavy atom. The average molecular weight is 307 g/mol. The Morgan fingerprint density at radius 2 is 2.19 bits per heavy atom. The van der Waals surface area contributed by atoms with Gasteiger partial charge in [0.25, 0.3) is 5.69 Å². The maximum Gasteiger partial charge on any atom is 0.314 e. The number of benzene rings is 1. The Morgan fingerprint density at radius 1 is 1.52 bits per heavy atom. The molecule has 0 aromatic heterocycles. The van der Waals surface area contributed by atoms with Gasteiger partial charge < -0.3 is 10.0 Å². The molecule has 0 aliphatic carbocycles. The first-order valence-corrected chi connectivity index (χ1v) is 6.53. The van der Waals surface area contributed by atoms with Crippen LogP contribution >= 0.6 is 12.2 Å². The molecule has 0 radical (unpaired) electrons. The Hall–Kier alpha value is -2.35. The number of hydrogen-bond donors (Lipinski definition) is 1. The van der Waals surface area contributed by atoms with Gasteiger partial charge in [-0.2, -0.15) is 0 Å². The van der Waals surface area contributed by atoms with Crippen molar-refractivity contribution < 1.29 is 14.8 Å². The summed E-state index contributed by atoms with van der Waals surface area (Å²) in [4.78, 5) is 27.5. The fourth-order valence-electron chi connectivity index (χ4n) is 2.42. The lowest BCUT2D eigenvalue weighted by molar-refractivity contribution is -0.385. The summed E-state index contributed by atoms with van der Waals surface area (Å²) in [6.45, 7) is 1.60. The molecular weight excluding hydrogens is 294 g/mol. The lowest BCUT2D eigenvalue weighted by Crippen LogP contribution is -2.44. The van der Waals surface area contributed by atoms with Gasteiger partial charge in [0.05, 0.1) is 11.0 Å². The summed E-state index contributed by atoms with van der Waals surface area (Å²) in [6.07, 6.45) is 0. The molecule has 2 rings (SSSR count). The van der Waals surface area contributed by atoms with Crippen molar-refractivity contribution in [3.63, 3.8) is 0 Å². The summed E-state index contributed by atoms with van der Waals surface area (Å²) < 4.78 is 0. The van der Waals surface area contributed by atoms with Gasteiger partial charge in [-0.15, -0.1) is 0 Å². The number of nitrogens with zero attached hydrogens (tertiary/aromatic N) is 3. The highest BCUT2D eigenvalue weighted by Gasteiger charge is 2.39. The van der Waals surface area contributed by atoms with Gasteiger partial charge in [0.1, 0.15) is 5.92 Å². The first-order valence-electron chi connectivity index (χ1n) is 6.12. The van der Waals surface area contributed by atoms with Crippen LogP contribution in [-0.4, -0.2) is 38.8 Å². The van der Waals surface area contributed by atoms with Crippen molar-refractivity contribution in [1.82, 2.24) is 4.90 Å². The van der Waals surface area contributed by atoms with E-state index in [1.165, 1.54) is 18.2 Å². The van der Waals surface area contributed by atoms with Crippen LogP contribution in [0.5, 0.6) is 0 Å². The highest BCUT2D eigenvalue weighted by Crippen LogP contribution is 2.34. The van der Waals surface area contributed by atoms with Crippen LogP contribution in [-0.2, 0) is 4.79 Å². The van der Waals surface area contributed by atoms with E-state index >= 15 is 0 Å². The molecule has 1 N–H and O–H groups in total. The van der Waals surface area contributed by atoms with Crippen LogP contribution in [0.4, 0.5) is 5.69 Å². The SMILES string of the molecule is CC1=NC(=S)N(C)C(c2cccc([N+](=O)[O-])c2)C1C(=O)O. The molecule has 2 atom stereocenters. The lowest BCUT2D eigenvalue weighted by atomic mass is 9.87. The largest absolute Gasteiger partial charge is 0.481 e. The van der Waals surface area contributed by atoms with Gasteiger partial charge in [-0.05, 0) is 24.7 Å². The highest BCUT2D eigenvalue weighted by atomic mass is 32.1. The molecular formula is C13H13N3O4S. The number of aliphatic imine (C=N–C) groups is 1. The molecule has 8 heteroatoms. The standard InChI is InChI=1S/C13H13N3O4S/c1-7-10(12(17)18)11(15(2)13(21)14-7)8-4-3-5-9(6-8)16(19)20/h3-6,10-11H,1-2H3,(H,17,18). The minimum atomic E-state index is -1.04. The van der Waals surface area contributed by atoms with Crippen LogP contribution in [0.1, 0.15) is 18.5 Å². The van der Waals surface area contributed by atoms with Crippen molar-refractivity contribution in [3.05, 3.63) is 39.9 Å². The Kier molecular flexibility index (Phi) is 3.99. The van der Waals surface area contributed by atoms with Crippen molar-refractivity contribution in [1.29, 1.82) is 0 Å². The number of carboxylic acids is 1. The van der Waals surface area contributed by atoms with E-state index in [1.807, 2.05) is 0 Å². The van der Waals surface area contributed by atoms with Crippen molar-refractivity contribution in [2.75, 3.05) is 7.05 Å². The second kappa shape index (κ2) is 5.57. The van der Waals surface area contributed by atoms with Crippen LogP contribution < -0.4 is 0 Å². The Bertz CT molecular complexity index is 659. The van der Waals surface area contributed by atoms with Gasteiger partial charge >= 0.3 is 5.97 Å². The van der Waals surface area contributed by atoms with E-state index in [0.717, 1.165) is 0 Å². The topological polar surface area (TPSA) is 96.0 Å². The van der Waals surface area contributed by atoms with Crippen molar-refractivity contribution >= 4 is 34.7 Å². The van der Waals surface area contributed by atoms with Gasteiger partial charge in [0, 0.05) is 24.9 Å². The minimum Gasteiger partial charge on any atom is -0.481 e. The van der Waals surface area contributed by atoms with Crippen LogP contribution in [0.25, 0.3) is 0 Å². The Balaban J connectivity index is 2.55. The van der Waals surface area contributed by atoms with E-state index in [4.69, 9.17) is 12.2 Å². The average Bonchev–Trinajstić information content (AvgIpc) is 2.42. The predicted octanol–water partition coefficient (Wildman–Crippen LogP) is 2.03. The molecule has 1 aromatic carbocycles. The molecule has 0 saturated carbocycles. The fourth-order valence-corrected chi connectivity index (χ4v) is 2.68. The Labute approximate surface area is 126 Å². The number of nitro benzene ring substituents is 1. The number of aliphatic carboxylic acids is 1. The molecule has 1 aromatic rings. The molecule has 0 saturated heterocycles. The van der Waals surface area contributed by atoms with Crippen LogP contribution in [0.15, 0.2) is 29.3 Å². The first-order chi connectivity index (χ1) is 9.82. The third-order valence-electron chi connectivity index (χ3n) is 3.45. The molecule has 21 heavy (non-hydrogen) atoms. The van der Waals surface area contributed by atoms with Gasteiger partial charge in [-0.3, -0.25) is 14.9 Å². The molecule has 2 unspecified atom stereocenters. The zero-order valence-electron chi connectivity index (χ0n) is 11.4. The maximum absolute atomic E-state index is 11.5. The third-order valence-corrected chi connectivity index (χ3v) is 3.82. The molecule has 0 amide bonds. The van der Waals surface area contributed by atoms with E-state index in [0.29, 0.717) is 11.3 Å². The van der Waals surface area contributed by atoms with Crippen LogP contribution in [0.2, 0.25) is 0 Å². The number of rotatable bonds is 3. The zero-order valence-corrected chi connectivity index (χ0v) is 12.2. The smallest absolute Gasteiger partial charge is 0.314 e. The van der Waals surface area contributed by atoms with Gasteiger partial charge in [0.2, 0.25) is 0 Å². The number of thiocarbonyl (C=S) groups is 1. The summed E-state index contributed by atoms with van der Waals surface area (Å²) in [5, 5.41) is 20.6. The normalized spacial score (nSPS) is 21.9. The second-order valence-electron chi connectivity index (χ2n) is 4.76. The molecule has 0 spiro atoms. The molecule has 110 valence electrons. The van der Waals surface area contributed by atoms with Gasteiger partial charge in [0.15, 0.2) is 5.11 Å². The van der Waals surface area contributed by atoms with Crippen molar-refractivity contribution in [2.24, 2.45) is 10.9 Å². The van der Waals surface area contributed by atoms with E-state index in [2.05, 4.69) is 4.99 Å². The molecule has 1 aliphatic heterocycles. The van der Waals surface area contributed by atoms with Gasteiger partial charge in [-0.1, -0.05) is 12.1 Å². The molecule has 1 aliphatic rings. The summed E-state index contributed by atoms with van der Waals surface area (Å²) in [6, 6.07) is 5.31. The maximum atomic E-state index is 11.5. The van der Waals surface area contributed by atoms with Gasteiger partial charge in [-0.25, -0.2) is 4.99 Å². The minimum absolute atomic E-state index is 0.0869. The number of nitro groups is 1. The monoisotopic (exact) mass is 307 g/mol. The predicted molar refractivity (Wildman–Crippen MR) is 80.4 cm³/mol. The van der Waals surface area contributed by atoms with E-state index < -0.39 is 22.9 Å². The molecule has 7 nitrogen and oxygen atoms in total. The molecule has 1 heterocycles. The van der Waals surface area contributed by atoms with Crippen LogP contribution in [0.3, 0.4) is 0 Å². The van der Waals surface area contributed by atoms with E-state index in [9.17, 15) is 20.0 Å². The third kappa shape index (κ3) is 2.75. The number of non-ortho nitro benzene ring substituents is 1. The first kappa shape index (κ1) is 15.0. The molecule has 0 fully saturated rings. The summed E-state index contributed by atoms with van der Waals surface area (Å²) in [5.74, 6) is -1.94. The number of carbonyl (C=O) groups is 1. The zero-order chi connectivity index (χ0) is 15.7.